The van der Waals surface area contributed by atoms with E-state index in [1.807, 2.05) is 0 Å². The number of ketones is 1. The summed E-state index contributed by atoms with van der Waals surface area (Å²) in [6, 6.07) is 4.02. The summed E-state index contributed by atoms with van der Waals surface area (Å²) in [7, 11) is 4.39. The number of ether oxygens (including phenoxy) is 1. The molecule has 17 heteroatoms. The summed E-state index contributed by atoms with van der Waals surface area (Å²) in [5, 5.41) is 9.85. The van der Waals surface area contributed by atoms with Gasteiger partial charge in [0.15, 0.2) is 5.60 Å². The Balaban J connectivity index is 1.65. The molecule has 2 aliphatic rings. The van der Waals surface area contributed by atoms with E-state index in [1.165, 1.54) is 33.1 Å². The van der Waals surface area contributed by atoms with E-state index in [2.05, 4.69) is 21.3 Å². The molecule has 1 aliphatic heterocycles. The summed E-state index contributed by atoms with van der Waals surface area (Å²) in [6.45, 7) is 4.86. The Morgan fingerprint density at radius 2 is 1.61 bits per heavy atom. The first-order valence-corrected chi connectivity index (χ1v) is 17.5. The number of benzene rings is 1. The van der Waals surface area contributed by atoms with Crippen LogP contribution in [-0.4, -0.2) is 108 Å². The number of rotatable bonds is 16. The van der Waals surface area contributed by atoms with Crippen LogP contribution in [0.3, 0.4) is 0 Å². The summed E-state index contributed by atoms with van der Waals surface area (Å²) < 4.78 is 32.7. The van der Waals surface area contributed by atoms with Crippen LogP contribution in [0.1, 0.15) is 71.4 Å². The number of amides is 6. The number of hydrogen-bond donors (Lipinski definition) is 4. The van der Waals surface area contributed by atoms with Crippen molar-refractivity contribution >= 4 is 50.7 Å². The number of likely N-dealkylation sites (tertiary alicyclic amines) is 1. The van der Waals surface area contributed by atoms with Crippen molar-refractivity contribution < 1.29 is 47.1 Å². The number of alkyl carbamates (subject to hydrolysis) is 1. The second-order valence-electron chi connectivity index (χ2n) is 14.0. The smallest absolute Gasteiger partial charge is 0.408 e. The van der Waals surface area contributed by atoms with Gasteiger partial charge in [-0.25, -0.2) is 4.79 Å². The van der Waals surface area contributed by atoms with Crippen molar-refractivity contribution in [2.45, 2.75) is 95.2 Å². The SMILES string of the molecule is CC(C)C(NC(=O)OC(C)(C)C(F)(F)P)C(=O)N1CCCC1C(=O)NC(CC1CC1)C(=O)C(=O)NCC(=O)NC(C(=O)N(C)C)c1ccccc1. The van der Waals surface area contributed by atoms with Crippen molar-refractivity contribution in [1.82, 2.24) is 31.1 Å². The number of alkyl halides is 2. The topological polar surface area (TPSA) is 183 Å². The lowest BCUT2D eigenvalue weighted by molar-refractivity contribution is -0.143. The van der Waals surface area contributed by atoms with Crippen molar-refractivity contribution in [3.8, 4) is 0 Å². The Bertz CT molecular complexity index is 1470. The van der Waals surface area contributed by atoms with Crippen LogP contribution in [0.4, 0.5) is 13.6 Å². The van der Waals surface area contributed by atoms with Gasteiger partial charge in [0.2, 0.25) is 29.4 Å². The van der Waals surface area contributed by atoms with Crippen LogP contribution in [0, 0.1) is 11.8 Å². The number of carbonyl (C=O) groups is 7. The minimum atomic E-state index is -3.45. The van der Waals surface area contributed by atoms with Gasteiger partial charge in [-0.15, -0.1) is 0 Å². The van der Waals surface area contributed by atoms with Gasteiger partial charge >= 0.3 is 6.09 Å². The maximum Gasteiger partial charge on any atom is 0.408 e. The van der Waals surface area contributed by atoms with Crippen LogP contribution in [0.2, 0.25) is 0 Å². The lowest BCUT2D eigenvalue weighted by Crippen LogP contribution is -2.58. The first-order valence-electron chi connectivity index (χ1n) is 16.9. The molecular weight excluding hydrogens is 689 g/mol. The highest BCUT2D eigenvalue weighted by Gasteiger charge is 2.47. The number of halogens is 2. The molecule has 1 saturated carbocycles. The number of likely N-dealkylation sites (N-methyl/N-ethyl adjacent to an activating group) is 1. The van der Waals surface area contributed by atoms with E-state index in [4.69, 9.17) is 4.74 Å². The number of nitrogens with one attached hydrogen (secondary N) is 4. The fraction of sp³-hybridized carbons (Fsp3) is 0.618. The average molecular weight is 739 g/mol. The molecule has 0 aromatic heterocycles. The zero-order chi connectivity index (χ0) is 38.3. The Hall–Kier alpha value is -4.20. The Morgan fingerprint density at radius 1 is 0.980 bits per heavy atom. The number of hydrogen-bond acceptors (Lipinski definition) is 8. The lowest BCUT2D eigenvalue weighted by Gasteiger charge is -2.33. The van der Waals surface area contributed by atoms with Gasteiger partial charge in [0.25, 0.3) is 11.6 Å². The number of Topliss-reactive ketones (excluding diaryl/α,β-unsaturated/α-hetero) is 1. The third-order valence-corrected chi connectivity index (χ3v) is 9.55. The van der Waals surface area contributed by atoms with E-state index in [-0.39, 0.29) is 25.3 Å². The molecule has 4 N–H and O–H groups in total. The van der Waals surface area contributed by atoms with Crippen LogP contribution >= 0.6 is 9.24 Å². The van der Waals surface area contributed by atoms with Gasteiger partial charge in [0.1, 0.15) is 18.1 Å². The molecule has 1 heterocycles. The fourth-order valence-electron chi connectivity index (χ4n) is 5.45. The maximum atomic E-state index is 13.9. The van der Waals surface area contributed by atoms with E-state index >= 15 is 0 Å². The summed E-state index contributed by atoms with van der Waals surface area (Å²) in [4.78, 5) is 94.2. The number of nitrogens with zero attached hydrogens (tertiary/aromatic N) is 2. The van der Waals surface area contributed by atoms with Gasteiger partial charge in [0.05, 0.1) is 12.6 Å². The molecule has 2 fully saturated rings. The van der Waals surface area contributed by atoms with E-state index < -0.39 is 89.3 Å². The van der Waals surface area contributed by atoms with Gasteiger partial charge in [-0.2, -0.15) is 8.78 Å². The molecule has 1 aliphatic carbocycles. The van der Waals surface area contributed by atoms with E-state index in [9.17, 15) is 42.3 Å². The highest BCUT2D eigenvalue weighted by molar-refractivity contribution is 7.18. The zero-order valence-corrected chi connectivity index (χ0v) is 30.9. The summed E-state index contributed by atoms with van der Waals surface area (Å²) in [5.74, 6) is -4.91. The molecule has 3 rings (SSSR count). The Labute approximate surface area is 298 Å². The molecule has 5 atom stereocenters. The maximum absolute atomic E-state index is 13.9. The van der Waals surface area contributed by atoms with Crippen molar-refractivity contribution in [3.63, 3.8) is 0 Å². The van der Waals surface area contributed by atoms with E-state index in [1.54, 1.807) is 44.2 Å². The fourth-order valence-corrected chi connectivity index (χ4v) is 5.51. The highest BCUT2D eigenvalue weighted by atomic mass is 31.0. The molecule has 14 nitrogen and oxygen atoms in total. The van der Waals surface area contributed by atoms with Crippen molar-refractivity contribution in [3.05, 3.63) is 35.9 Å². The van der Waals surface area contributed by atoms with Crippen LogP contribution in [0.5, 0.6) is 0 Å². The largest absolute Gasteiger partial charge is 0.437 e. The molecule has 0 radical (unpaired) electrons. The van der Waals surface area contributed by atoms with Gasteiger partial charge in [-0.3, -0.25) is 28.8 Å². The van der Waals surface area contributed by atoms with Crippen LogP contribution < -0.4 is 21.3 Å². The lowest BCUT2D eigenvalue weighted by atomic mass is 10.0. The van der Waals surface area contributed by atoms with Crippen molar-refractivity contribution in [2.75, 3.05) is 27.2 Å². The molecule has 5 unspecified atom stereocenters. The van der Waals surface area contributed by atoms with Gasteiger partial charge in [0, 0.05) is 20.6 Å². The summed E-state index contributed by atoms with van der Waals surface area (Å²) >= 11 is 0. The highest BCUT2D eigenvalue weighted by Crippen LogP contribution is 2.37. The predicted octanol–water partition coefficient (Wildman–Crippen LogP) is 1.89. The zero-order valence-electron chi connectivity index (χ0n) is 29.8. The molecule has 282 valence electrons. The first kappa shape index (κ1) is 41.2. The monoisotopic (exact) mass is 738 g/mol. The van der Waals surface area contributed by atoms with Gasteiger partial charge in [-0.05, 0) is 50.5 Å². The molecule has 1 saturated heterocycles. The third kappa shape index (κ3) is 11.4. The second-order valence-corrected chi connectivity index (χ2v) is 14.7. The van der Waals surface area contributed by atoms with Crippen molar-refractivity contribution in [1.29, 1.82) is 0 Å². The van der Waals surface area contributed by atoms with Crippen LogP contribution in [0.25, 0.3) is 0 Å². The van der Waals surface area contributed by atoms with Crippen LogP contribution in [0.15, 0.2) is 30.3 Å². The normalized spacial score (nSPS) is 17.8. The predicted molar refractivity (Wildman–Crippen MR) is 185 cm³/mol. The Kier molecular flexibility index (Phi) is 14.0. The molecule has 51 heavy (non-hydrogen) atoms. The first-order chi connectivity index (χ1) is 23.7. The molecule has 1 aromatic carbocycles. The molecule has 0 bridgehead atoms. The quantitative estimate of drug-likeness (QED) is 0.147. The average Bonchev–Trinajstić information content (AvgIpc) is 3.73. The summed E-state index contributed by atoms with van der Waals surface area (Å²) in [5.41, 5.74) is -5.12. The molecule has 0 spiro atoms. The standard InChI is InChI=1S/C34H49F2N6O8P/c1-19(2)25(40-32(49)50-33(3,4)34(35,36)51)31(48)42-16-10-13-23(42)28(45)38-22(17-20-14-15-20)27(44)29(46)37-18-24(43)39-26(30(47)41(5)6)21-11-8-7-9-12-21/h7-9,11-12,19-20,22-23,25-26H,10,13-18,51H2,1-6H3,(H,37,46)(H,38,45)(H,39,43)(H,40,49). The Morgan fingerprint density at radius 3 is 2.16 bits per heavy atom. The second kappa shape index (κ2) is 17.3. The van der Waals surface area contributed by atoms with E-state index in [0.29, 0.717) is 12.0 Å². The van der Waals surface area contributed by atoms with Gasteiger partial charge < -0.3 is 35.8 Å². The third-order valence-electron chi connectivity index (χ3n) is 8.85. The van der Waals surface area contributed by atoms with Crippen LogP contribution in [-0.2, 0) is 33.5 Å². The number of carbonyl (C=O) groups excluding carboxylic acids is 7. The minimum Gasteiger partial charge on any atom is -0.437 e. The summed E-state index contributed by atoms with van der Waals surface area (Å²) in [6.07, 6.45) is 1.22. The van der Waals surface area contributed by atoms with E-state index in [0.717, 1.165) is 26.7 Å². The molecule has 1 aromatic rings. The molecule has 6 amide bonds. The van der Waals surface area contributed by atoms with Gasteiger partial charge in [-0.1, -0.05) is 66.3 Å². The van der Waals surface area contributed by atoms with Crippen molar-refractivity contribution in [2.24, 2.45) is 11.8 Å². The molecular formula is C34H49F2N6O8P. The minimum absolute atomic E-state index is 0.0963.